The van der Waals surface area contributed by atoms with Crippen LogP contribution in [0.1, 0.15) is 60.8 Å². The van der Waals surface area contributed by atoms with E-state index in [4.69, 9.17) is 5.73 Å². The fraction of sp³-hybridized carbons (Fsp3) is 1.00. The minimum atomic E-state index is 0.236. The zero-order chi connectivity index (χ0) is 15.6. The highest BCUT2D eigenvalue weighted by Gasteiger charge is 2.10. The Hall–Kier alpha value is -0.160. The molecule has 1 fully saturated rings. The Bertz CT molecular complexity index is 206. The summed E-state index contributed by atoms with van der Waals surface area (Å²) in [7, 11) is 0. The zero-order valence-corrected chi connectivity index (χ0v) is 14.6. The van der Waals surface area contributed by atoms with Crippen molar-refractivity contribution in [3.8, 4) is 0 Å². The summed E-state index contributed by atoms with van der Waals surface area (Å²) in [6, 6.07) is 0.615. The van der Waals surface area contributed by atoms with Gasteiger partial charge in [-0.15, -0.1) is 0 Å². The maximum Gasteiger partial charge on any atom is 0.0190 e. The number of nitrogens with one attached hydrogen (secondary N) is 3. The van der Waals surface area contributed by atoms with E-state index in [0.29, 0.717) is 6.04 Å². The number of rotatable bonds is 4. The van der Waals surface area contributed by atoms with Crippen LogP contribution in [0.4, 0.5) is 0 Å². The monoisotopic (exact) mass is 286 g/mol. The first-order valence-electron chi connectivity index (χ1n) is 8.07. The smallest absolute Gasteiger partial charge is 0.0190 e. The largest absolute Gasteiger partial charge is 0.329 e. The molecule has 4 nitrogen and oxygen atoms in total. The Balaban J connectivity index is 0.000000388. The quantitative estimate of drug-likeness (QED) is 0.596. The van der Waals surface area contributed by atoms with Crippen molar-refractivity contribution in [2.75, 3.05) is 26.2 Å². The standard InChI is InChI=1S/C10H24N2.C6H14N2/c1-9(2,3)11-7-8-12-10(4,5)6;7-5-6-3-1-2-4-8-6/h11-12H,7-8H2,1-6H3;6,8H,1-5,7H2. The molecule has 1 atom stereocenters. The van der Waals surface area contributed by atoms with E-state index in [1.165, 1.54) is 25.8 Å². The lowest BCUT2D eigenvalue weighted by molar-refractivity contribution is 0.381. The molecule has 20 heavy (non-hydrogen) atoms. The second kappa shape index (κ2) is 9.72. The molecule has 122 valence electrons. The Labute approximate surface area is 126 Å². The molecule has 1 heterocycles. The van der Waals surface area contributed by atoms with Crippen molar-refractivity contribution < 1.29 is 0 Å². The Morgan fingerprint density at radius 3 is 1.70 bits per heavy atom. The molecule has 0 aliphatic carbocycles. The van der Waals surface area contributed by atoms with Gasteiger partial charge in [0, 0.05) is 36.8 Å². The van der Waals surface area contributed by atoms with Crippen molar-refractivity contribution in [1.82, 2.24) is 16.0 Å². The van der Waals surface area contributed by atoms with E-state index in [1.54, 1.807) is 0 Å². The molecule has 4 heteroatoms. The van der Waals surface area contributed by atoms with Crippen molar-refractivity contribution >= 4 is 0 Å². The molecule has 1 rings (SSSR count). The molecule has 1 unspecified atom stereocenters. The van der Waals surface area contributed by atoms with Crippen LogP contribution in [0.5, 0.6) is 0 Å². The number of hydrogen-bond acceptors (Lipinski definition) is 4. The van der Waals surface area contributed by atoms with Gasteiger partial charge >= 0.3 is 0 Å². The molecule has 0 saturated carbocycles. The van der Waals surface area contributed by atoms with Crippen LogP contribution >= 0.6 is 0 Å². The van der Waals surface area contributed by atoms with Crippen molar-refractivity contribution in [2.24, 2.45) is 5.73 Å². The van der Waals surface area contributed by atoms with Gasteiger partial charge in [-0.3, -0.25) is 0 Å². The molecule has 0 spiro atoms. The van der Waals surface area contributed by atoms with E-state index >= 15 is 0 Å². The van der Waals surface area contributed by atoms with Crippen LogP contribution in [-0.2, 0) is 0 Å². The predicted octanol–water partition coefficient (Wildman–Crippen LogP) is 1.85. The second-order valence-corrected chi connectivity index (χ2v) is 7.74. The van der Waals surface area contributed by atoms with E-state index in [9.17, 15) is 0 Å². The first-order chi connectivity index (χ1) is 9.14. The maximum atomic E-state index is 5.44. The average Bonchev–Trinajstić information content (AvgIpc) is 2.34. The molecule has 1 aliphatic rings. The molecule has 0 aromatic carbocycles. The number of nitrogens with two attached hydrogens (primary N) is 1. The van der Waals surface area contributed by atoms with Gasteiger partial charge in [0.15, 0.2) is 0 Å². The molecule has 1 aliphatic heterocycles. The van der Waals surface area contributed by atoms with Gasteiger partial charge in [-0.05, 0) is 60.9 Å². The summed E-state index contributed by atoms with van der Waals surface area (Å²) in [5, 5.41) is 10.2. The van der Waals surface area contributed by atoms with Crippen molar-refractivity contribution in [1.29, 1.82) is 0 Å². The molecule has 0 aromatic rings. The molecule has 0 bridgehead atoms. The first kappa shape index (κ1) is 19.8. The van der Waals surface area contributed by atoms with E-state index in [2.05, 4.69) is 57.5 Å². The van der Waals surface area contributed by atoms with Crippen LogP contribution in [0.25, 0.3) is 0 Å². The molecule has 1 saturated heterocycles. The van der Waals surface area contributed by atoms with Crippen LogP contribution in [0, 0.1) is 0 Å². The van der Waals surface area contributed by atoms with Gasteiger partial charge in [-0.25, -0.2) is 0 Å². The summed E-state index contributed by atoms with van der Waals surface area (Å²) < 4.78 is 0. The van der Waals surface area contributed by atoms with Gasteiger partial charge in [0.2, 0.25) is 0 Å². The molecule has 5 N–H and O–H groups in total. The van der Waals surface area contributed by atoms with E-state index in [-0.39, 0.29) is 11.1 Å². The lowest BCUT2D eigenvalue weighted by Gasteiger charge is -2.24. The molecular formula is C16H38N4. The van der Waals surface area contributed by atoms with E-state index < -0.39 is 0 Å². The lowest BCUT2D eigenvalue weighted by Crippen LogP contribution is -2.44. The number of piperidine rings is 1. The van der Waals surface area contributed by atoms with Gasteiger partial charge in [0.1, 0.15) is 0 Å². The van der Waals surface area contributed by atoms with Crippen LogP contribution < -0.4 is 21.7 Å². The van der Waals surface area contributed by atoms with Gasteiger partial charge < -0.3 is 21.7 Å². The summed E-state index contributed by atoms with van der Waals surface area (Å²) in [6.07, 6.45) is 3.96. The minimum absolute atomic E-state index is 0.236. The highest BCUT2D eigenvalue weighted by Crippen LogP contribution is 2.04. The third-order valence-corrected chi connectivity index (χ3v) is 3.13. The van der Waals surface area contributed by atoms with Crippen LogP contribution in [0.2, 0.25) is 0 Å². The molecule has 0 amide bonds. The van der Waals surface area contributed by atoms with Crippen molar-refractivity contribution in [3.05, 3.63) is 0 Å². The lowest BCUT2D eigenvalue weighted by atomic mass is 10.1. The third-order valence-electron chi connectivity index (χ3n) is 3.13. The number of hydrogen-bond donors (Lipinski definition) is 4. The van der Waals surface area contributed by atoms with Crippen molar-refractivity contribution in [3.63, 3.8) is 0 Å². The van der Waals surface area contributed by atoms with Gasteiger partial charge in [0.25, 0.3) is 0 Å². The first-order valence-corrected chi connectivity index (χ1v) is 8.07. The van der Waals surface area contributed by atoms with Gasteiger partial charge in [-0.1, -0.05) is 6.42 Å². The third kappa shape index (κ3) is 14.3. The molecule has 0 aromatic heterocycles. The molecular weight excluding hydrogens is 248 g/mol. The maximum absolute atomic E-state index is 5.44. The van der Waals surface area contributed by atoms with Crippen LogP contribution in [0.15, 0.2) is 0 Å². The summed E-state index contributed by atoms with van der Waals surface area (Å²) in [4.78, 5) is 0. The van der Waals surface area contributed by atoms with E-state index in [1.807, 2.05) is 0 Å². The van der Waals surface area contributed by atoms with Crippen molar-refractivity contribution in [2.45, 2.75) is 77.9 Å². The Kier molecular flexibility index (Phi) is 9.64. The minimum Gasteiger partial charge on any atom is -0.329 e. The zero-order valence-electron chi connectivity index (χ0n) is 14.6. The normalized spacial score (nSPS) is 20.2. The van der Waals surface area contributed by atoms with E-state index in [0.717, 1.165) is 19.6 Å². The van der Waals surface area contributed by atoms with Gasteiger partial charge in [-0.2, -0.15) is 0 Å². The molecule has 0 radical (unpaired) electrons. The fourth-order valence-electron chi connectivity index (χ4n) is 2.00. The summed E-state index contributed by atoms with van der Waals surface area (Å²) in [6.45, 7) is 17.1. The summed E-state index contributed by atoms with van der Waals surface area (Å²) >= 11 is 0. The topological polar surface area (TPSA) is 62.1 Å². The SMILES string of the molecule is CC(C)(C)NCCNC(C)(C)C.NCC1CCCCN1. The predicted molar refractivity (Wildman–Crippen MR) is 90.2 cm³/mol. The highest BCUT2D eigenvalue weighted by atomic mass is 15.0. The summed E-state index contributed by atoms with van der Waals surface area (Å²) in [5.74, 6) is 0. The average molecular weight is 287 g/mol. The van der Waals surface area contributed by atoms with Gasteiger partial charge in [0.05, 0.1) is 0 Å². The Morgan fingerprint density at radius 1 is 0.950 bits per heavy atom. The summed E-state index contributed by atoms with van der Waals surface area (Å²) in [5.41, 5.74) is 5.91. The Morgan fingerprint density at radius 2 is 1.45 bits per heavy atom. The highest BCUT2D eigenvalue weighted by molar-refractivity contribution is 4.74. The van der Waals surface area contributed by atoms with Crippen LogP contribution in [0.3, 0.4) is 0 Å². The van der Waals surface area contributed by atoms with Crippen LogP contribution in [-0.4, -0.2) is 43.3 Å². The fourth-order valence-corrected chi connectivity index (χ4v) is 2.00. The second-order valence-electron chi connectivity index (χ2n) is 7.74.